The van der Waals surface area contributed by atoms with Gasteiger partial charge in [-0.05, 0) is 40.9 Å². The molecule has 0 aromatic heterocycles. The number of ketones is 1. The Balaban J connectivity index is 2.11. The average molecular weight is 374 g/mol. The predicted molar refractivity (Wildman–Crippen MR) is 81.1 cm³/mol. The van der Waals surface area contributed by atoms with E-state index >= 15 is 0 Å². The lowest BCUT2D eigenvalue weighted by molar-refractivity contribution is -0.120. The number of halogens is 2. The third-order valence-electron chi connectivity index (χ3n) is 3.06. The van der Waals surface area contributed by atoms with Crippen molar-refractivity contribution in [2.24, 2.45) is 4.99 Å². The predicted octanol–water partition coefficient (Wildman–Crippen LogP) is 3.72. The lowest BCUT2D eigenvalue weighted by Gasteiger charge is -2.16. The van der Waals surface area contributed by atoms with Crippen LogP contribution in [0.4, 0.5) is 5.69 Å². The Labute approximate surface area is 123 Å². The van der Waals surface area contributed by atoms with Crippen LogP contribution in [0.1, 0.15) is 31.2 Å². The van der Waals surface area contributed by atoms with Gasteiger partial charge in [0.15, 0.2) is 0 Å². The van der Waals surface area contributed by atoms with E-state index in [0.717, 1.165) is 27.4 Å². The number of carbonyl (C=O) groups is 1. The lowest BCUT2D eigenvalue weighted by Crippen LogP contribution is -2.16. The first-order chi connectivity index (χ1) is 8.56. The van der Waals surface area contributed by atoms with Crippen LogP contribution in [-0.4, -0.2) is 18.0 Å². The highest BCUT2D eigenvalue weighted by atomic mass is 79.9. The van der Waals surface area contributed by atoms with Gasteiger partial charge >= 0.3 is 0 Å². The quantitative estimate of drug-likeness (QED) is 0.634. The van der Waals surface area contributed by atoms with Crippen molar-refractivity contribution < 1.29 is 4.79 Å². The highest BCUT2D eigenvalue weighted by Crippen LogP contribution is 2.27. The van der Waals surface area contributed by atoms with Crippen LogP contribution in [0.25, 0.3) is 0 Å². The van der Waals surface area contributed by atoms with Gasteiger partial charge in [-0.25, -0.2) is 0 Å². The normalized spacial score (nSPS) is 17.6. The highest BCUT2D eigenvalue weighted by Gasteiger charge is 2.17. The molecule has 2 N–H and O–H groups in total. The van der Waals surface area contributed by atoms with Crippen LogP contribution in [0.5, 0.6) is 0 Å². The van der Waals surface area contributed by atoms with Crippen LogP contribution in [0.15, 0.2) is 26.1 Å². The molecule has 0 radical (unpaired) electrons. The van der Waals surface area contributed by atoms with Gasteiger partial charge in [-0.15, -0.1) is 0 Å². The minimum absolute atomic E-state index is 0.250. The van der Waals surface area contributed by atoms with E-state index in [1.54, 1.807) is 0 Å². The van der Waals surface area contributed by atoms with E-state index in [9.17, 15) is 4.79 Å². The summed E-state index contributed by atoms with van der Waals surface area (Å²) in [4.78, 5) is 15.7. The Bertz CT molecular complexity index is 490. The summed E-state index contributed by atoms with van der Waals surface area (Å²) in [7, 11) is 0. The van der Waals surface area contributed by atoms with Gasteiger partial charge < -0.3 is 5.73 Å². The maximum Gasteiger partial charge on any atom is 0.133 e. The molecule has 0 spiro atoms. The van der Waals surface area contributed by atoms with Crippen LogP contribution in [-0.2, 0) is 4.79 Å². The molecule has 0 unspecified atom stereocenters. The number of nitrogen functional groups attached to an aromatic ring is 1. The number of carbonyl (C=O) groups excluding carboxylic acids is 1. The molecule has 1 aliphatic rings. The SMILES string of the molecule is Nc1c(Br)cc(Br)cc1C=NC1CCC(=O)CC1. The van der Waals surface area contributed by atoms with Gasteiger partial charge in [0, 0.05) is 33.6 Å². The molecule has 1 aromatic rings. The molecular weight excluding hydrogens is 360 g/mol. The summed E-state index contributed by atoms with van der Waals surface area (Å²) in [5, 5.41) is 0. The third kappa shape index (κ3) is 3.42. The van der Waals surface area contributed by atoms with Crippen molar-refractivity contribution >= 4 is 49.5 Å². The molecule has 1 saturated carbocycles. The summed E-state index contributed by atoms with van der Waals surface area (Å²) in [6.45, 7) is 0. The number of hydrogen-bond acceptors (Lipinski definition) is 3. The van der Waals surface area contributed by atoms with Crippen molar-refractivity contribution in [3.63, 3.8) is 0 Å². The number of nitrogens with two attached hydrogens (primary N) is 1. The number of benzene rings is 1. The smallest absolute Gasteiger partial charge is 0.133 e. The Kier molecular flexibility index (Phi) is 4.56. The van der Waals surface area contributed by atoms with Gasteiger partial charge in [0.25, 0.3) is 0 Å². The zero-order valence-electron chi connectivity index (χ0n) is 9.83. The molecule has 1 fully saturated rings. The van der Waals surface area contributed by atoms with E-state index in [1.165, 1.54) is 0 Å². The fourth-order valence-electron chi connectivity index (χ4n) is 1.97. The summed E-state index contributed by atoms with van der Waals surface area (Å²) in [6, 6.07) is 4.10. The van der Waals surface area contributed by atoms with E-state index in [-0.39, 0.29) is 6.04 Å². The molecule has 18 heavy (non-hydrogen) atoms. The molecule has 5 heteroatoms. The van der Waals surface area contributed by atoms with Crippen molar-refractivity contribution in [2.75, 3.05) is 5.73 Å². The third-order valence-corrected chi connectivity index (χ3v) is 4.18. The van der Waals surface area contributed by atoms with E-state index < -0.39 is 0 Å². The van der Waals surface area contributed by atoms with Crippen LogP contribution < -0.4 is 5.73 Å². The molecule has 0 amide bonds. The first-order valence-electron chi connectivity index (χ1n) is 5.85. The minimum atomic E-state index is 0.250. The van der Waals surface area contributed by atoms with E-state index in [0.29, 0.717) is 24.3 Å². The number of nitrogens with zero attached hydrogens (tertiary/aromatic N) is 1. The molecular formula is C13H14Br2N2O. The zero-order chi connectivity index (χ0) is 13.1. The average Bonchev–Trinajstić information content (AvgIpc) is 2.34. The van der Waals surface area contributed by atoms with Crippen LogP contribution in [0.2, 0.25) is 0 Å². The number of hydrogen-bond donors (Lipinski definition) is 1. The van der Waals surface area contributed by atoms with Crippen molar-refractivity contribution in [1.82, 2.24) is 0 Å². The second kappa shape index (κ2) is 5.97. The second-order valence-electron chi connectivity index (χ2n) is 4.44. The topological polar surface area (TPSA) is 55.4 Å². The highest BCUT2D eigenvalue weighted by molar-refractivity contribution is 9.11. The second-order valence-corrected chi connectivity index (χ2v) is 6.21. The molecule has 96 valence electrons. The molecule has 2 rings (SSSR count). The standard InChI is InChI=1S/C13H14Br2N2O/c14-9-5-8(13(16)12(15)6-9)7-17-10-1-3-11(18)4-2-10/h5-7,10H,1-4,16H2. The van der Waals surface area contributed by atoms with Gasteiger partial charge in [-0.2, -0.15) is 0 Å². The van der Waals surface area contributed by atoms with Gasteiger partial charge in [0.05, 0.1) is 11.7 Å². The van der Waals surface area contributed by atoms with Crippen molar-refractivity contribution in [1.29, 1.82) is 0 Å². The molecule has 0 atom stereocenters. The Morgan fingerprint density at radius 3 is 2.61 bits per heavy atom. The molecule has 0 bridgehead atoms. The van der Waals surface area contributed by atoms with E-state index in [1.807, 2.05) is 18.3 Å². The largest absolute Gasteiger partial charge is 0.397 e. The fourth-order valence-corrected chi connectivity index (χ4v) is 3.23. The van der Waals surface area contributed by atoms with Gasteiger partial charge in [0.1, 0.15) is 5.78 Å². The summed E-state index contributed by atoms with van der Waals surface area (Å²) < 4.78 is 1.82. The number of Topliss-reactive ketones (excluding diaryl/α,β-unsaturated/α-hetero) is 1. The van der Waals surface area contributed by atoms with Crippen LogP contribution in [0, 0.1) is 0 Å². The van der Waals surface area contributed by atoms with E-state index in [4.69, 9.17) is 5.73 Å². The van der Waals surface area contributed by atoms with Gasteiger partial charge in [-0.3, -0.25) is 9.79 Å². The van der Waals surface area contributed by atoms with Crippen molar-refractivity contribution in [3.8, 4) is 0 Å². The summed E-state index contributed by atoms with van der Waals surface area (Å²) in [5.41, 5.74) is 7.56. The Hall–Kier alpha value is -0.680. The van der Waals surface area contributed by atoms with Gasteiger partial charge in [0.2, 0.25) is 0 Å². The Morgan fingerprint density at radius 1 is 1.28 bits per heavy atom. The minimum Gasteiger partial charge on any atom is -0.397 e. The summed E-state index contributed by atoms with van der Waals surface area (Å²) in [5.74, 6) is 0.353. The molecule has 0 aliphatic heterocycles. The zero-order valence-corrected chi connectivity index (χ0v) is 13.0. The Morgan fingerprint density at radius 2 is 1.94 bits per heavy atom. The van der Waals surface area contributed by atoms with Crippen molar-refractivity contribution in [3.05, 3.63) is 26.6 Å². The molecule has 0 saturated heterocycles. The van der Waals surface area contributed by atoms with E-state index in [2.05, 4.69) is 36.9 Å². The number of rotatable bonds is 2. The van der Waals surface area contributed by atoms with Crippen LogP contribution >= 0.6 is 31.9 Å². The van der Waals surface area contributed by atoms with Crippen LogP contribution in [0.3, 0.4) is 0 Å². The molecule has 1 aromatic carbocycles. The number of aliphatic imine (C=N–C) groups is 1. The first kappa shape index (κ1) is 13.7. The lowest BCUT2D eigenvalue weighted by atomic mass is 9.95. The maximum absolute atomic E-state index is 11.1. The molecule has 1 aliphatic carbocycles. The molecule has 0 heterocycles. The molecule has 3 nitrogen and oxygen atoms in total. The fraction of sp³-hybridized carbons (Fsp3) is 0.385. The van der Waals surface area contributed by atoms with Gasteiger partial charge in [-0.1, -0.05) is 15.9 Å². The number of anilines is 1. The summed E-state index contributed by atoms with van der Waals surface area (Å²) >= 11 is 6.84. The maximum atomic E-state index is 11.1. The van der Waals surface area contributed by atoms with Crippen molar-refractivity contribution in [2.45, 2.75) is 31.7 Å². The summed E-state index contributed by atoms with van der Waals surface area (Å²) in [6.07, 6.45) is 4.82. The monoisotopic (exact) mass is 372 g/mol. The first-order valence-corrected chi connectivity index (χ1v) is 7.44.